The molecule has 0 bridgehead atoms. The number of hydrogen-bond acceptors (Lipinski definition) is 5. The lowest BCUT2D eigenvalue weighted by molar-refractivity contribution is 0.322. The predicted octanol–water partition coefficient (Wildman–Crippen LogP) is 2.96. The van der Waals surface area contributed by atoms with Gasteiger partial charge in [0.1, 0.15) is 0 Å². The van der Waals surface area contributed by atoms with Crippen LogP contribution in [0.15, 0.2) is 30.5 Å². The van der Waals surface area contributed by atoms with Gasteiger partial charge >= 0.3 is 0 Å². The van der Waals surface area contributed by atoms with Crippen LogP contribution >= 0.6 is 11.3 Å². The van der Waals surface area contributed by atoms with Crippen molar-refractivity contribution in [1.82, 2.24) is 9.88 Å². The Morgan fingerprint density at radius 2 is 2.00 bits per heavy atom. The predicted molar refractivity (Wildman–Crippen MR) is 89.6 cm³/mol. The number of thiazole rings is 1. The van der Waals surface area contributed by atoms with Gasteiger partial charge in [0, 0.05) is 42.9 Å². The maximum absolute atomic E-state index is 5.70. The second kappa shape index (κ2) is 6.45. The third-order valence-corrected chi connectivity index (χ3v) is 4.69. The summed E-state index contributed by atoms with van der Waals surface area (Å²) in [5, 5.41) is 0.649. The lowest BCUT2D eigenvalue weighted by Crippen LogP contribution is -2.22. The van der Waals surface area contributed by atoms with Crippen LogP contribution in [0.4, 0.5) is 10.8 Å². The number of anilines is 2. The minimum absolute atomic E-state index is 0.649. The van der Waals surface area contributed by atoms with Gasteiger partial charge < -0.3 is 10.6 Å². The Labute approximate surface area is 130 Å². The SMILES string of the molecule is CN(Cc1cnc(N)s1)Cc1ccccc1N1CCCC1. The number of nitrogen functional groups attached to an aromatic ring is 1. The molecule has 2 aromatic rings. The molecule has 0 amide bonds. The van der Waals surface area contributed by atoms with Gasteiger partial charge in [0.25, 0.3) is 0 Å². The summed E-state index contributed by atoms with van der Waals surface area (Å²) in [5.74, 6) is 0. The van der Waals surface area contributed by atoms with Gasteiger partial charge in [-0.2, -0.15) is 0 Å². The van der Waals surface area contributed by atoms with Gasteiger partial charge in [-0.1, -0.05) is 18.2 Å². The molecule has 0 unspecified atom stereocenters. The van der Waals surface area contributed by atoms with E-state index in [1.807, 2.05) is 6.20 Å². The van der Waals surface area contributed by atoms with E-state index in [1.54, 1.807) is 11.3 Å². The smallest absolute Gasteiger partial charge is 0.180 e. The number of rotatable bonds is 5. The van der Waals surface area contributed by atoms with Gasteiger partial charge in [-0.3, -0.25) is 4.90 Å². The van der Waals surface area contributed by atoms with Crippen LogP contribution in [0.5, 0.6) is 0 Å². The van der Waals surface area contributed by atoms with E-state index >= 15 is 0 Å². The summed E-state index contributed by atoms with van der Waals surface area (Å²) in [6, 6.07) is 8.76. The number of hydrogen-bond donors (Lipinski definition) is 1. The Kier molecular flexibility index (Phi) is 4.41. The first-order valence-electron chi connectivity index (χ1n) is 7.44. The standard InChI is InChI=1S/C16H22N4S/c1-19(12-14-10-18-16(17)21-14)11-13-6-2-3-7-15(13)20-8-4-5-9-20/h2-3,6-7,10H,4-5,8-9,11-12H2,1H3,(H2,17,18). The lowest BCUT2D eigenvalue weighted by atomic mass is 10.1. The zero-order chi connectivity index (χ0) is 14.7. The van der Waals surface area contributed by atoms with E-state index in [4.69, 9.17) is 5.73 Å². The Morgan fingerprint density at radius 3 is 2.71 bits per heavy atom. The monoisotopic (exact) mass is 302 g/mol. The van der Waals surface area contributed by atoms with Crippen molar-refractivity contribution in [3.05, 3.63) is 40.9 Å². The first-order chi connectivity index (χ1) is 10.2. The average Bonchev–Trinajstić information content (AvgIpc) is 3.11. The highest BCUT2D eigenvalue weighted by Gasteiger charge is 2.16. The molecule has 2 N–H and O–H groups in total. The molecular formula is C16H22N4S. The van der Waals surface area contributed by atoms with Crippen LogP contribution in [0.1, 0.15) is 23.3 Å². The van der Waals surface area contributed by atoms with E-state index in [2.05, 4.69) is 46.1 Å². The van der Waals surface area contributed by atoms with Crippen molar-refractivity contribution in [2.75, 3.05) is 30.8 Å². The highest BCUT2D eigenvalue weighted by Crippen LogP contribution is 2.26. The summed E-state index contributed by atoms with van der Waals surface area (Å²) in [6.07, 6.45) is 4.50. The Balaban J connectivity index is 1.69. The topological polar surface area (TPSA) is 45.4 Å². The number of aromatic nitrogens is 1. The summed E-state index contributed by atoms with van der Waals surface area (Å²) >= 11 is 1.57. The van der Waals surface area contributed by atoms with Crippen LogP contribution in [0.2, 0.25) is 0 Å². The molecule has 4 nitrogen and oxygen atoms in total. The Hall–Kier alpha value is -1.59. The van der Waals surface area contributed by atoms with E-state index in [0.29, 0.717) is 5.13 Å². The normalized spacial score (nSPS) is 15.0. The number of para-hydroxylation sites is 1. The first kappa shape index (κ1) is 14.4. The van der Waals surface area contributed by atoms with Gasteiger partial charge in [0.15, 0.2) is 5.13 Å². The van der Waals surface area contributed by atoms with Crippen LogP contribution in [-0.4, -0.2) is 30.0 Å². The molecule has 3 rings (SSSR count). The molecule has 5 heteroatoms. The second-order valence-corrected chi connectivity index (χ2v) is 6.81. The zero-order valence-electron chi connectivity index (χ0n) is 12.5. The van der Waals surface area contributed by atoms with Crippen molar-refractivity contribution in [3.8, 4) is 0 Å². The van der Waals surface area contributed by atoms with Crippen molar-refractivity contribution >= 4 is 22.2 Å². The van der Waals surface area contributed by atoms with Crippen molar-refractivity contribution < 1.29 is 0 Å². The fraction of sp³-hybridized carbons (Fsp3) is 0.438. The highest BCUT2D eigenvalue weighted by atomic mass is 32.1. The summed E-state index contributed by atoms with van der Waals surface area (Å²) in [6.45, 7) is 4.21. The second-order valence-electron chi connectivity index (χ2n) is 5.66. The molecule has 1 aliphatic rings. The molecule has 0 radical (unpaired) electrons. The molecule has 21 heavy (non-hydrogen) atoms. The van der Waals surface area contributed by atoms with Gasteiger partial charge in [-0.05, 0) is 31.5 Å². The molecule has 0 saturated carbocycles. The van der Waals surface area contributed by atoms with Crippen LogP contribution < -0.4 is 10.6 Å². The lowest BCUT2D eigenvalue weighted by Gasteiger charge is -2.24. The number of nitrogens with two attached hydrogens (primary N) is 1. The maximum Gasteiger partial charge on any atom is 0.180 e. The van der Waals surface area contributed by atoms with E-state index in [-0.39, 0.29) is 0 Å². The van der Waals surface area contributed by atoms with Crippen LogP contribution in [-0.2, 0) is 13.1 Å². The van der Waals surface area contributed by atoms with E-state index < -0.39 is 0 Å². The van der Waals surface area contributed by atoms with Crippen molar-refractivity contribution in [3.63, 3.8) is 0 Å². The minimum atomic E-state index is 0.649. The van der Waals surface area contributed by atoms with Gasteiger partial charge in [0.2, 0.25) is 0 Å². The Morgan fingerprint density at radius 1 is 1.24 bits per heavy atom. The summed E-state index contributed by atoms with van der Waals surface area (Å²) < 4.78 is 0. The quantitative estimate of drug-likeness (QED) is 0.922. The molecule has 0 aliphatic carbocycles. The molecular weight excluding hydrogens is 280 g/mol. The molecule has 112 valence electrons. The molecule has 1 aliphatic heterocycles. The molecule has 0 spiro atoms. The molecule has 1 fully saturated rings. The van der Waals surface area contributed by atoms with Crippen LogP contribution in [0.25, 0.3) is 0 Å². The van der Waals surface area contributed by atoms with E-state index in [9.17, 15) is 0 Å². The minimum Gasteiger partial charge on any atom is -0.375 e. The summed E-state index contributed by atoms with van der Waals surface area (Å²) in [7, 11) is 2.15. The molecule has 1 saturated heterocycles. The molecule has 1 aromatic carbocycles. The third-order valence-electron chi connectivity index (χ3n) is 3.88. The zero-order valence-corrected chi connectivity index (χ0v) is 13.3. The third kappa shape index (κ3) is 3.54. The van der Waals surface area contributed by atoms with E-state index in [1.165, 1.54) is 42.1 Å². The summed E-state index contributed by atoms with van der Waals surface area (Å²) in [5.41, 5.74) is 8.49. The average molecular weight is 302 g/mol. The summed E-state index contributed by atoms with van der Waals surface area (Å²) in [4.78, 5) is 10.2. The maximum atomic E-state index is 5.70. The van der Waals surface area contributed by atoms with Crippen molar-refractivity contribution in [2.45, 2.75) is 25.9 Å². The van der Waals surface area contributed by atoms with Crippen molar-refractivity contribution in [1.29, 1.82) is 0 Å². The van der Waals surface area contributed by atoms with E-state index in [0.717, 1.165) is 13.1 Å². The Bertz CT molecular complexity index is 589. The van der Waals surface area contributed by atoms with Crippen molar-refractivity contribution in [2.24, 2.45) is 0 Å². The van der Waals surface area contributed by atoms with Gasteiger partial charge in [0.05, 0.1) is 0 Å². The van der Waals surface area contributed by atoms with Crippen LogP contribution in [0, 0.1) is 0 Å². The molecule has 2 heterocycles. The number of nitrogens with zero attached hydrogens (tertiary/aromatic N) is 3. The fourth-order valence-corrected chi connectivity index (χ4v) is 3.68. The van der Waals surface area contributed by atoms with Gasteiger partial charge in [-0.15, -0.1) is 11.3 Å². The number of benzene rings is 1. The first-order valence-corrected chi connectivity index (χ1v) is 8.25. The molecule has 0 atom stereocenters. The fourth-order valence-electron chi connectivity index (χ4n) is 2.92. The van der Waals surface area contributed by atoms with Gasteiger partial charge in [-0.25, -0.2) is 4.98 Å². The van der Waals surface area contributed by atoms with Crippen LogP contribution in [0.3, 0.4) is 0 Å². The molecule has 1 aromatic heterocycles. The highest BCUT2D eigenvalue weighted by molar-refractivity contribution is 7.15. The largest absolute Gasteiger partial charge is 0.375 e.